The summed E-state index contributed by atoms with van der Waals surface area (Å²) in [5.74, 6) is -0.0549. The number of aryl methyl sites for hydroxylation is 1. The van der Waals surface area contributed by atoms with Gasteiger partial charge in [0.25, 0.3) is 0 Å². The van der Waals surface area contributed by atoms with Crippen LogP contribution in [0.2, 0.25) is 0 Å². The molecule has 1 atom stereocenters. The van der Waals surface area contributed by atoms with Gasteiger partial charge < -0.3 is 15.2 Å². The molecule has 0 aromatic carbocycles. The van der Waals surface area contributed by atoms with Crippen LogP contribution in [0.5, 0.6) is 0 Å². The highest BCUT2D eigenvalue weighted by atomic mass is 16.5. The van der Waals surface area contributed by atoms with Crippen molar-refractivity contribution in [2.75, 3.05) is 19.0 Å². The van der Waals surface area contributed by atoms with Crippen LogP contribution in [0.3, 0.4) is 0 Å². The Hall–Kier alpha value is -1.69. The van der Waals surface area contributed by atoms with E-state index in [-0.39, 0.29) is 6.61 Å². The Morgan fingerprint density at radius 1 is 1.67 bits per heavy atom. The lowest BCUT2D eigenvalue weighted by Crippen LogP contribution is -2.34. The fourth-order valence-electron chi connectivity index (χ4n) is 1.03. The first-order chi connectivity index (χ1) is 7.17. The number of hydrogen-bond acceptors (Lipinski definition) is 6. The Labute approximate surface area is 87.3 Å². The van der Waals surface area contributed by atoms with Crippen LogP contribution in [-0.4, -0.2) is 40.8 Å². The van der Waals surface area contributed by atoms with Gasteiger partial charge in [-0.2, -0.15) is 0 Å². The molecule has 0 aliphatic rings. The molecule has 15 heavy (non-hydrogen) atoms. The van der Waals surface area contributed by atoms with Crippen molar-refractivity contribution in [3.05, 3.63) is 18.1 Å². The van der Waals surface area contributed by atoms with E-state index in [4.69, 9.17) is 5.11 Å². The molecule has 0 fully saturated rings. The number of ether oxygens (including phenoxy) is 1. The molecular weight excluding hydrogens is 198 g/mol. The highest BCUT2D eigenvalue weighted by molar-refractivity contribution is 5.78. The van der Waals surface area contributed by atoms with Gasteiger partial charge in [0.2, 0.25) is 0 Å². The highest BCUT2D eigenvalue weighted by Gasteiger charge is 2.17. The monoisotopic (exact) mass is 211 g/mol. The number of anilines is 1. The summed E-state index contributed by atoms with van der Waals surface area (Å²) in [5, 5.41) is 11.7. The second-order valence-corrected chi connectivity index (χ2v) is 2.95. The summed E-state index contributed by atoms with van der Waals surface area (Å²) in [4.78, 5) is 19.0. The average Bonchev–Trinajstić information content (AvgIpc) is 2.25. The number of esters is 1. The summed E-state index contributed by atoms with van der Waals surface area (Å²) in [6.07, 6.45) is 1.38. The van der Waals surface area contributed by atoms with E-state index in [2.05, 4.69) is 20.0 Å². The van der Waals surface area contributed by atoms with Gasteiger partial charge in [-0.1, -0.05) is 0 Å². The van der Waals surface area contributed by atoms with E-state index in [0.29, 0.717) is 5.82 Å². The number of nitrogens with zero attached hydrogens (tertiary/aromatic N) is 2. The van der Waals surface area contributed by atoms with Crippen molar-refractivity contribution in [1.29, 1.82) is 0 Å². The molecule has 1 unspecified atom stereocenters. The lowest BCUT2D eigenvalue weighted by Gasteiger charge is -2.14. The van der Waals surface area contributed by atoms with Crippen molar-refractivity contribution in [2.45, 2.75) is 13.0 Å². The van der Waals surface area contributed by atoms with Crippen LogP contribution in [0.25, 0.3) is 0 Å². The molecule has 1 aromatic heterocycles. The summed E-state index contributed by atoms with van der Waals surface area (Å²) in [7, 11) is 1.26. The molecule has 0 saturated heterocycles. The van der Waals surface area contributed by atoms with Crippen LogP contribution in [-0.2, 0) is 9.53 Å². The molecule has 6 nitrogen and oxygen atoms in total. The van der Waals surface area contributed by atoms with Crippen molar-refractivity contribution in [3.63, 3.8) is 0 Å². The number of nitrogens with one attached hydrogen (secondary N) is 1. The van der Waals surface area contributed by atoms with Gasteiger partial charge in [0.05, 0.1) is 13.7 Å². The lowest BCUT2D eigenvalue weighted by molar-refractivity contribution is -0.142. The van der Waals surface area contributed by atoms with Gasteiger partial charge >= 0.3 is 5.97 Å². The number of aliphatic hydroxyl groups is 1. The third-order valence-electron chi connectivity index (χ3n) is 1.79. The predicted molar refractivity (Wildman–Crippen MR) is 53.3 cm³/mol. The molecule has 1 aromatic rings. The van der Waals surface area contributed by atoms with Crippen LogP contribution < -0.4 is 5.32 Å². The van der Waals surface area contributed by atoms with E-state index in [0.717, 1.165) is 5.69 Å². The van der Waals surface area contributed by atoms with Crippen LogP contribution in [0.1, 0.15) is 5.69 Å². The van der Waals surface area contributed by atoms with Crippen LogP contribution in [0, 0.1) is 6.92 Å². The third kappa shape index (κ3) is 3.17. The summed E-state index contributed by atoms with van der Waals surface area (Å²) in [6.45, 7) is 1.45. The minimum atomic E-state index is -0.802. The summed E-state index contributed by atoms with van der Waals surface area (Å²) in [6, 6.07) is 0.871. The van der Waals surface area contributed by atoms with Crippen molar-refractivity contribution in [3.8, 4) is 0 Å². The van der Waals surface area contributed by atoms with E-state index < -0.39 is 12.0 Å². The maximum Gasteiger partial charge on any atom is 0.330 e. The van der Waals surface area contributed by atoms with Crippen molar-refractivity contribution < 1.29 is 14.6 Å². The molecule has 0 radical (unpaired) electrons. The molecule has 0 bridgehead atoms. The fourth-order valence-corrected chi connectivity index (χ4v) is 1.03. The molecule has 0 saturated carbocycles. The zero-order valence-electron chi connectivity index (χ0n) is 8.60. The van der Waals surface area contributed by atoms with Crippen LogP contribution >= 0.6 is 0 Å². The average molecular weight is 211 g/mol. The Kier molecular flexibility index (Phi) is 3.99. The smallest absolute Gasteiger partial charge is 0.330 e. The first-order valence-corrected chi connectivity index (χ1v) is 4.41. The van der Waals surface area contributed by atoms with Crippen molar-refractivity contribution in [1.82, 2.24) is 9.97 Å². The number of methoxy groups -OCH3 is 1. The second-order valence-electron chi connectivity index (χ2n) is 2.95. The summed E-state index contributed by atoms with van der Waals surface area (Å²) in [5.41, 5.74) is 0.772. The zero-order valence-corrected chi connectivity index (χ0v) is 8.60. The molecule has 0 spiro atoms. The van der Waals surface area contributed by atoms with Crippen molar-refractivity contribution >= 4 is 11.8 Å². The van der Waals surface area contributed by atoms with Gasteiger partial charge in [0.1, 0.15) is 18.2 Å². The zero-order chi connectivity index (χ0) is 11.3. The standard InChI is InChI=1S/C9H13N3O3/c1-6-3-8(11-5-10-6)12-7(4-13)9(14)15-2/h3,5,7,13H,4H2,1-2H3,(H,10,11,12). The summed E-state index contributed by atoms with van der Waals surface area (Å²) < 4.78 is 4.50. The van der Waals surface area contributed by atoms with Gasteiger partial charge in [-0.05, 0) is 6.92 Å². The molecule has 0 amide bonds. The molecule has 0 aliphatic heterocycles. The van der Waals surface area contributed by atoms with E-state index in [1.807, 2.05) is 0 Å². The second kappa shape index (κ2) is 5.26. The SMILES string of the molecule is COC(=O)C(CO)Nc1cc(C)ncn1. The number of carbonyl (C=O) groups excluding carboxylic acids is 1. The molecule has 1 rings (SSSR count). The number of aliphatic hydroxyl groups excluding tert-OH is 1. The number of aromatic nitrogens is 2. The topological polar surface area (TPSA) is 84.3 Å². The van der Waals surface area contributed by atoms with Gasteiger partial charge in [-0.3, -0.25) is 0 Å². The quantitative estimate of drug-likeness (QED) is 0.667. The molecule has 6 heteroatoms. The Morgan fingerprint density at radius 3 is 2.93 bits per heavy atom. The van der Waals surface area contributed by atoms with Crippen LogP contribution in [0.4, 0.5) is 5.82 Å². The highest BCUT2D eigenvalue weighted by Crippen LogP contribution is 2.05. The fraction of sp³-hybridized carbons (Fsp3) is 0.444. The van der Waals surface area contributed by atoms with Gasteiger partial charge in [-0.25, -0.2) is 14.8 Å². The van der Waals surface area contributed by atoms with Crippen LogP contribution in [0.15, 0.2) is 12.4 Å². The van der Waals surface area contributed by atoms with E-state index in [9.17, 15) is 4.79 Å². The predicted octanol–water partition coefficient (Wildman–Crippen LogP) is -0.269. The minimum absolute atomic E-state index is 0.351. The van der Waals surface area contributed by atoms with E-state index in [1.54, 1.807) is 13.0 Å². The summed E-state index contributed by atoms with van der Waals surface area (Å²) >= 11 is 0. The largest absolute Gasteiger partial charge is 0.467 e. The first-order valence-electron chi connectivity index (χ1n) is 4.41. The Morgan fingerprint density at radius 2 is 2.40 bits per heavy atom. The number of carbonyl (C=O) groups is 1. The van der Waals surface area contributed by atoms with E-state index >= 15 is 0 Å². The lowest BCUT2D eigenvalue weighted by atomic mass is 10.3. The maximum absolute atomic E-state index is 11.1. The Balaban J connectivity index is 2.70. The Bertz CT molecular complexity index is 343. The number of hydrogen-bond donors (Lipinski definition) is 2. The third-order valence-corrected chi connectivity index (χ3v) is 1.79. The van der Waals surface area contributed by atoms with Gasteiger partial charge in [-0.15, -0.1) is 0 Å². The minimum Gasteiger partial charge on any atom is -0.467 e. The molecule has 2 N–H and O–H groups in total. The molecule has 1 heterocycles. The molecule has 0 aliphatic carbocycles. The molecule has 82 valence electrons. The number of rotatable bonds is 4. The normalized spacial score (nSPS) is 11.9. The molecular formula is C9H13N3O3. The van der Waals surface area contributed by atoms with Gasteiger partial charge in [0.15, 0.2) is 0 Å². The van der Waals surface area contributed by atoms with Gasteiger partial charge in [0, 0.05) is 11.8 Å². The van der Waals surface area contributed by atoms with E-state index in [1.165, 1.54) is 13.4 Å². The van der Waals surface area contributed by atoms with Crippen molar-refractivity contribution in [2.24, 2.45) is 0 Å². The first kappa shape index (κ1) is 11.4. The maximum atomic E-state index is 11.1.